The summed E-state index contributed by atoms with van der Waals surface area (Å²) in [6, 6.07) is 0. The summed E-state index contributed by atoms with van der Waals surface area (Å²) in [6.07, 6.45) is 56.8. The van der Waals surface area contributed by atoms with Crippen LogP contribution in [0.5, 0.6) is 0 Å². The van der Waals surface area contributed by atoms with Crippen LogP contribution in [-0.2, 0) is 65.4 Å². The van der Waals surface area contributed by atoms with E-state index in [4.69, 9.17) is 37.0 Å². The van der Waals surface area contributed by atoms with Crippen LogP contribution < -0.4 is 0 Å². The molecule has 0 saturated heterocycles. The van der Waals surface area contributed by atoms with Crippen molar-refractivity contribution in [2.45, 2.75) is 412 Å². The molecule has 0 rings (SSSR count). The first-order chi connectivity index (χ1) is 45.5. The standard InChI is InChI=1S/C75H146O17P2/c1-6-9-12-15-18-21-24-25-26-29-32-35-40-44-49-54-59-73(78)86-65-71(92-75(80)61-56-51-46-41-36-33-30-27-28-31-34-37-42-47-52-57-68(4)5)67-90-94(83,84)88-63-69(76)62-87-93(81,82)89-66-70(91-74(79)60-55-50-45-39-23-20-17-14-11-8-3)64-85-72(77)58-53-48-43-38-22-19-16-13-10-7-2/h68-71,76H,6-67H2,1-5H3,(H,81,82)(H,83,84)/t69-,70+,71+/m0/s1. The van der Waals surface area contributed by atoms with E-state index >= 15 is 0 Å². The molecule has 0 saturated carbocycles. The van der Waals surface area contributed by atoms with Gasteiger partial charge in [-0.05, 0) is 31.6 Å². The van der Waals surface area contributed by atoms with Crippen molar-refractivity contribution in [3.8, 4) is 0 Å². The van der Waals surface area contributed by atoms with Crippen molar-refractivity contribution in [2.75, 3.05) is 39.6 Å². The van der Waals surface area contributed by atoms with E-state index in [9.17, 15) is 43.2 Å². The van der Waals surface area contributed by atoms with Crippen LogP contribution in [-0.4, -0.2) is 96.7 Å². The van der Waals surface area contributed by atoms with Gasteiger partial charge in [-0.1, -0.05) is 343 Å². The van der Waals surface area contributed by atoms with Crippen LogP contribution in [0.15, 0.2) is 0 Å². The molecule has 0 aromatic carbocycles. The molecule has 558 valence electrons. The number of phosphoric ester groups is 2. The van der Waals surface area contributed by atoms with E-state index in [1.807, 2.05) is 0 Å². The third-order valence-electron chi connectivity index (χ3n) is 17.5. The zero-order chi connectivity index (χ0) is 69.1. The van der Waals surface area contributed by atoms with Crippen molar-refractivity contribution in [3.05, 3.63) is 0 Å². The van der Waals surface area contributed by atoms with E-state index in [0.717, 1.165) is 95.8 Å². The van der Waals surface area contributed by atoms with E-state index in [-0.39, 0.29) is 25.7 Å². The Bertz CT molecular complexity index is 1810. The minimum atomic E-state index is -4.96. The highest BCUT2D eigenvalue weighted by Gasteiger charge is 2.30. The van der Waals surface area contributed by atoms with Crippen molar-refractivity contribution in [2.24, 2.45) is 5.92 Å². The monoisotopic (exact) mass is 1380 g/mol. The molecule has 94 heavy (non-hydrogen) atoms. The highest BCUT2D eigenvalue weighted by molar-refractivity contribution is 7.47. The number of phosphoric acid groups is 2. The Labute approximate surface area is 575 Å². The van der Waals surface area contributed by atoms with Crippen molar-refractivity contribution in [1.82, 2.24) is 0 Å². The van der Waals surface area contributed by atoms with Gasteiger partial charge in [0.05, 0.1) is 26.4 Å². The lowest BCUT2D eigenvalue weighted by molar-refractivity contribution is -0.161. The summed E-state index contributed by atoms with van der Waals surface area (Å²) in [5, 5.41) is 10.6. The smallest absolute Gasteiger partial charge is 0.462 e. The van der Waals surface area contributed by atoms with Gasteiger partial charge in [0.25, 0.3) is 0 Å². The van der Waals surface area contributed by atoms with Gasteiger partial charge in [-0.15, -0.1) is 0 Å². The number of ether oxygens (including phenoxy) is 4. The van der Waals surface area contributed by atoms with Crippen LogP contribution in [0.3, 0.4) is 0 Å². The van der Waals surface area contributed by atoms with Gasteiger partial charge in [0.2, 0.25) is 0 Å². The fraction of sp³-hybridized carbons (Fsp3) is 0.947. The SMILES string of the molecule is CCCCCCCCCCCCCCCCCCC(=O)OC[C@H](COP(=O)(O)OC[C@@H](O)COP(=O)(O)OC[C@@H](COC(=O)CCCCCCCCCCCC)OC(=O)CCCCCCCCCCCC)OC(=O)CCCCCCCCCCCCCCCCCC(C)C. The largest absolute Gasteiger partial charge is 0.472 e. The first-order valence-electron chi connectivity index (χ1n) is 39.1. The van der Waals surface area contributed by atoms with Crippen molar-refractivity contribution >= 4 is 39.5 Å². The maximum absolute atomic E-state index is 13.1. The Balaban J connectivity index is 5.21. The molecule has 17 nitrogen and oxygen atoms in total. The van der Waals surface area contributed by atoms with Gasteiger partial charge in [-0.2, -0.15) is 0 Å². The van der Waals surface area contributed by atoms with Crippen LogP contribution in [0.1, 0.15) is 394 Å². The van der Waals surface area contributed by atoms with E-state index in [0.29, 0.717) is 25.7 Å². The second-order valence-electron chi connectivity index (χ2n) is 27.5. The molecule has 0 bridgehead atoms. The number of rotatable bonds is 75. The van der Waals surface area contributed by atoms with Gasteiger partial charge in [0, 0.05) is 25.7 Å². The van der Waals surface area contributed by atoms with Crippen LogP contribution in [0.4, 0.5) is 0 Å². The van der Waals surface area contributed by atoms with Gasteiger partial charge in [-0.3, -0.25) is 37.3 Å². The zero-order valence-electron chi connectivity index (χ0n) is 61.1. The molecule has 2 unspecified atom stereocenters. The lowest BCUT2D eigenvalue weighted by atomic mass is 10.0. The van der Waals surface area contributed by atoms with Gasteiger partial charge >= 0.3 is 39.5 Å². The second-order valence-corrected chi connectivity index (χ2v) is 30.4. The number of aliphatic hydroxyl groups excluding tert-OH is 1. The summed E-state index contributed by atoms with van der Waals surface area (Å²) >= 11 is 0. The summed E-state index contributed by atoms with van der Waals surface area (Å²) in [6.45, 7) is 7.30. The van der Waals surface area contributed by atoms with Gasteiger partial charge in [-0.25, -0.2) is 9.13 Å². The molecule has 0 aliphatic rings. The van der Waals surface area contributed by atoms with E-state index in [2.05, 4.69) is 34.6 Å². The first kappa shape index (κ1) is 92.1. The van der Waals surface area contributed by atoms with E-state index < -0.39 is 97.5 Å². The number of carbonyl (C=O) groups excluding carboxylic acids is 4. The summed E-state index contributed by atoms with van der Waals surface area (Å²) < 4.78 is 68.4. The maximum Gasteiger partial charge on any atom is 0.472 e. The maximum atomic E-state index is 13.1. The number of unbranched alkanes of at least 4 members (excludes halogenated alkanes) is 47. The number of hydrogen-bond acceptors (Lipinski definition) is 15. The molecule has 0 amide bonds. The molecule has 3 N–H and O–H groups in total. The van der Waals surface area contributed by atoms with Crippen molar-refractivity contribution < 1.29 is 80.2 Å². The van der Waals surface area contributed by atoms with Crippen LogP contribution in [0, 0.1) is 5.92 Å². The van der Waals surface area contributed by atoms with E-state index in [1.54, 1.807) is 0 Å². The number of carbonyl (C=O) groups is 4. The topological polar surface area (TPSA) is 237 Å². The summed E-state index contributed by atoms with van der Waals surface area (Å²) in [5.41, 5.74) is 0. The molecule has 0 aromatic rings. The Kier molecular flexibility index (Phi) is 66.8. The van der Waals surface area contributed by atoms with Crippen LogP contribution >= 0.6 is 15.6 Å². The lowest BCUT2D eigenvalue weighted by Gasteiger charge is -2.21. The van der Waals surface area contributed by atoms with Crippen LogP contribution in [0.25, 0.3) is 0 Å². The fourth-order valence-corrected chi connectivity index (χ4v) is 13.1. The summed E-state index contributed by atoms with van der Waals surface area (Å²) in [4.78, 5) is 72.7. The molecular formula is C75H146O17P2. The average molecular weight is 1380 g/mol. The molecule has 0 radical (unpaired) electrons. The summed E-state index contributed by atoms with van der Waals surface area (Å²) in [5.74, 6) is -1.31. The molecule has 0 heterocycles. The molecule has 0 aromatic heterocycles. The lowest BCUT2D eigenvalue weighted by Crippen LogP contribution is -2.30. The normalized spacial score (nSPS) is 14.0. The number of aliphatic hydroxyl groups is 1. The highest BCUT2D eigenvalue weighted by Crippen LogP contribution is 2.45. The average Bonchev–Trinajstić information content (AvgIpc) is 1.27. The predicted octanol–water partition coefficient (Wildman–Crippen LogP) is 22.1. The minimum Gasteiger partial charge on any atom is -0.462 e. The van der Waals surface area contributed by atoms with Gasteiger partial charge in [0.15, 0.2) is 12.2 Å². The Morgan fingerprint density at radius 3 is 0.723 bits per heavy atom. The first-order valence-corrected chi connectivity index (χ1v) is 42.1. The molecule has 19 heteroatoms. The highest BCUT2D eigenvalue weighted by atomic mass is 31.2. The number of hydrogen-bond donors (Lipinski definition) is 3. The Morgan fingerprint density at radius 1 is 0.287 bits per heavy atom. The van der Waals surface area contributed by atoms with E-state index in [1.165, 1.54) is 218 Å². The Hall–Kier alpha value is -1.94. The molecule has 5 atom stereocenters. The molecule has 0 spiro atoms. The third kappa shape index (κ3) is 68.6. The van der Waals surface area contributed by atoms with Crippen molar-refractivity contribution in [3.63, 3.8) is 0 Å². The third-order valence-corrected chi connectivity index (χ3v) is 19.4. The van der Waals surface area contributed by atoms with Crippen LogP contribution in [0.2, 0.25) is 0 Å². The van der Waals surface area contributed by atoms with Gasteiger partial charge in [0.1, 0.15) is 19.3 Å². The minimum absolute atomic E-state index is 0.107. The molecule has 0 aliphatic heterocycles. The second kappa shape index (κ2) is 68.2. The Morgan fingerprint density at radius 2 is 0.489 bits per heavy atom. The zero-order valence-corrected chi connectivity index (χ0v) is 62.9. The predicted molar refractivity (Wildman–Crippen MR) is 382 cm³/mol. The van der Waals surface area contributed by atoms with Gasteiger partial charge < -0.3 is 33.8 Å². The fourth-order valence-electron chi connectivity index (χ4n) is 11.5. The molecular weight excluding hydrogens is 1230 g/mol. The quantitative estimate of drug-likeness (QED) is 0.0222. The summed E-state index contributed by atoms with van der Waals surface area (Å²) in [7, 11) is -9.90. The number of esters is 4. The molecule has 0 aliphatic carbocycles. The molecule has 0 fully saturated rings. The van der Waals surface area contributed by atoms with Crippen molar-refractivity contribution in [1.29, 1.82) is 0 Å².